The average molecular weight is 433 g/mol. The van der Waals surface area contributed by atoms with Crippen molar-refractivity contribution in [2.24, 2.45) is 16.2 Å². The Morgan fingerprint density at radius 1 is 0.677 bits per heavy atom. The normalized spacial score (nSPS) is 35.5. The van der Waals surface area contributed by atoms with E-state index in [2.05, 4.69) is 39.8 Å². The Bertz CT molecular complexity index is 597. The van der Waals surface area contributed by atoms with Gasteiger partial charge in [0.2, 0.25) is 0 Å². The molecule has 0 radical (unpaired) electrons. The number of hydrogen-bond donors (Lipinski definition) is 0. The van der Waals surface area contributed by atoms with E-state index in [1.165, 1.54) is 38.5 Å². The monoisotopic (exact) mass is 432 g/mol. The molecule has 4 rings (SSSR count). The molecule has 0 aromatic carbocycles. The first-order valence-electron chi connectivity index (χ1n) is 12.6. The third-order valence-electron chi connectivity index (χ3n) is 7.84. The summed E-state index contributed by atoms with van der Waals surface area (Å²) in [6, 6.07) is 0. The summed E-state index contributed by atoms with van der Waals surface area (Å²) < 4.78 is 24.4. The Kier molecular flexibility index (Phi) is 7.32. The standard InChI is InChI=1S/C27H44O4/c1-25(2)13-9-21(10-14-25)5-7-23-28-17-27(18-29-23)19-30-24(31-20-27)8-6-22-11-15-26(3,4)16-12-22/h9,11,23-24H,5-8,10,12-20H2,1-4H3. The van der Waals surface area contributed by atoms with Crippen molar-refractivity contribution in [2.45, 2.75) is 104 Å². The van der Waals surface area contributed by atoms with Crippen LogP contribution >= 0.6 is 0 Å². The second-order valence-corrected chi connectivity index (χ2v) is 12.1. The van der Waals surface area contributed by atoms with E-state index in [0.717, 1.165) is 25.7 Å². The van der Waals surface area contributed by atoms with Crippen LogP contribution in [0.2, 0.25) is 0 Å². The molecule has 4 heteroatoms. The van der Waals surface area contributed by atoms with E-state index in [9.17, 15) is 0 Å². The van der Waals surface area contributed by atoms with Gasteiger partial charge in [0.05, 0.1) is 31.8 Å². The Morgan fingerprint density at radius 3 is 1.39 bits per heavy atom. The number of allylic oxidation sites excluding steroid dienone is 4. The summed E-state index contributed by atoms with van der Waals surface area (Å²) in [5, 5.41) is 0. The number of rotatable bonds is 6. The van der Waals surface area contributed by atoms with Gasteiger partial charge in [0, 0.05) is 12.8 Å². The van der Waals surface area contributed by atoms with E-state index in [4.69, 9.17) is 18.9 Å². The minimum atomic E-state index is -0.130. The summed E-state index contributed by atoms with van der Waals surface area (Å²) in [7, 11) is 0. The molecule has 0 amide bonds. The van der Waals surface area contributed by atoms with Gasteiger partial charge in [-0.25, -0.2) is 0 Å². The highest BCUT2D eigenvalue weighted by atomic mass is 16.7. The summed E-state index contributed by atoms with van der Waals surface area (Å²) in [4.78, 5) is 0. The topological polar surface area (TPSA) is 36.9 Å². The van der Waals surface area contributed by atoms with Crippen LogP contribution in [-0.4, -0.2) is 39.0 Å². The SMILES string of the molecule is CC1(C)CC=C(CCC2OCC3(CO2)COC(CCC2=CCC(C)(C)CC2)OC3)CC1. The van der Waals surface area contributed by atoms with Crippen molar-refractivity contribution < 1.29 is 18.9 Å². The summed E-state index contributed by atoms with van der Waals surface area (Å²) in [6.07, 6.45) is 16.3. The molecule has 0 bridgehead atoms. The van der Waals surface area contributed by atoms with Crippen LogP contribution in [-0.2, 0) is 18.9 Å². The molecule has 0 N–H and O–H groups in total. The van der Waals surface area contributed by atoms with Gasteiger partial charge in [0.25, 0.3) is 0 Å². The molecule has 4 nitrogen and oxygen atoms in total. The smallest absolute Gasteiger partial charge is 0.157 e. The number of ether oxygens (including phenoxy) is 4. The highest BCUT2D eigenvalue weighted by molar-refractivity contribution is 5.09. The van der Waals surface area contributed by atoms with E-state index in [-0.39, 0.29) is 18.0 Å². The van der Waals surface area contributed by atoms with Crippen molar-refractivity contribution in [3.8, 4) is 0 Å². The van der Waals surface area contributed by atoms with Crippen LogP contribution in [0.5, 0.6) is 0 Å². The summed E-state index contributed by atoms with van der Waals surface area (Å²) in [6.45, 7) is 12.2. The van der Waals surface area contributed by atoms with Gasteiger partial charge in [-0.1, -0.05) is 51.0 Å². The van der Waals surface area contributed by atoms with Gasteiger partial charge in [-0.05, 0) is 62.2 Å². The first-order valence-corrected chi connectivity index (χ1v) is 12.6. The second kappa shape index (κ2) is 9.67. The maximum atomic E-state index is 6.09. The first-order chi connectivity index (χ1) is 14.7. The van der Waals surface area contributed by atoms with Crippen LogP contribution in [0, 0.1) is 16.2 Å². The predicted molar refractivity (Wildman–Crippen MR) is 124 cm³/mol. The van der Waals surface area contributed by atoms with E-state index in [1.807, 2.05) is 0 Å². The molecule has 2 aliphatic heterocycles. The van der Waals surface area contributed by atoms with Crippen LogP contribution in [0.1, 0.15) is 91.9 Å². The Hall–Kier alpha value is -0.680. The summed E-state index contributed by atoms with van der Waals surface area (Å²) >= 11 is 0. The van der Waals surface area contributed by atoms with Crippen molar-refractivity contribution in [3.63, 3.8) is 0 Å². The zero-order chi connectivity index (χ0) is 22.0. The zero-order valence-corrected chi connectivity index (χ0v) is 20.3. The molecule has 0 unspecified atom stereocenters. The zero-order valence-electron chi connectivity index (χ0n) is 20.3. The maximum absolute atomic E-state index is 6.09. The summed E-state index contributed by atoms with van der Waals surface area (Å²) in [5.74, 6) is 0. The number of hydrogen-bond acceptors (Lipinski definition) is 4. The second-order valence-electron chi connectivity index (χ2n) is 12.1. The third-order valence-corrected chi connectivity index (χ3v) is 7.84. The fourth-order valence-corrected chi connectivity index (χ4v) is 5.07. The Morgan fingerprint density at radius 2 is 1.06 bits per heavy atom. The lowest BCUT2D eigenvalue weighted by atomic mass is 9.77. The molecule has 0 atom stereocenters. The largest absolute Gasteiger partial charge is 0.352 e. The van der Waals surface area contributed by atoms with Crippen LogP contribution in [0.4, 0.5) is 0 Å². The molecule has 0 saturated carbocycles. The fraction of sp³-hybridized carbons (Fsp3) is 0.852. The van der Waals surface area contributed by atoms with E-state index in [1.54, 1.807) is 11.1 Å². The van der Waals surface area contributed by atoms with Gasteiger partial charge in [0.15, 0.2) is 12.6 Å². The molecular weight excluding hydrogens is 388 g/mol. The van der Waals surface area contributed by atoms with Gasteiger partial charge >= 0.3 is 0 Å². The van der Waals surface area contributed by atoms with Gasteiger partial charge in [-0.3, -0.25) is 0 Å². The van der Waals surface area contributed by atoms with Crippen molar-refractivity contribution in [3.05, 3.63) is 23.3 Å². The minimum Gasteiger partial charge on any atom is -0.352 e. The van der Waals surface area contributed by atoms with Gasteiger partial charge in [0.1, 0.15) is 0 Å². The summed E-state index contributed by atoms with van der Waals surface area (Å²) in [5.41, 5.74) is 3.97. The molecule has 2 fully saturated rings. The molecule has 4 aliphatic rings. The molecule has 2 heterocycles. The first kappa shape index (κ1) is 23.5. The van der Waals surface area contributed by atoms with E-state index < -0.39 is 0 Å². The Labute approximate surface area is 189 Å². The van der Waals surface area contributed by atoms with Crippen molar-refractivity contribution >= 4 is 0 Å². The molecule has 176 valence electrons. The third kappa shape index (κ3) is 6.66. The van der Waals surface area contributed by atoms with Crippen LogP contribution in [0.3, 0.4) is 0 Å². The van der Waals surface area contributed by atoms with Crippen LogP contribution in [0.25, 0.3) is 0 Å². The molecule has 1 spiro atoms. The van der Waals surface area contributed by atoms with Crippen molar-refractivity contribution in [2.75, 3.05) is 26.4 Å². The average Bonchev–Trinajstić information content (AvgIpc) is 2.75. The fourth-order valence-electron chi connectivity index (χ4n) is 5.07. The van der Waals surface area contributed by atoms with Crippen LogP contribution in [0.15, 0.2) is 23.3 Å². The Balaban J connectivity index is 1.13. The molecule has 2 aliphatic carbocycles. The minimum absolute atomic E-state index is 0.0818. The molecule has 0 aromatic rings. The molecule has 2 saturated heterocycles. The lowest BCUT2D eigenvalue weighted by Gasteiger charge is -2.44. The van der Waals surface area contributed by atoms with Gasteiger partial charge in [-0.15, -0.1) is 0 Å². The van der Waals surface area contributed by atoms with Crippen LogP contribution < -0.4 is 0 Å². The van der Waals surface area contributed by atoms with Crippen molar-refractivity contribution in [1.82, 2.24) is 0 Å². The molecule has 31 heavy (non-hydrogen) atoms. The highest BCUT2D eigenvalue weighted by Crippen LogP contribution is 2.38. The highest BCUT2D eigenvalue weighted by Gasteiger charge is 2.42. The molecule has 0 aromatic heterocycles. The van der Waals surface area contributed by atoms with E-state index in [0.29, 0.717) is 37.3 Å². The maximum Gasteiger partial charge on any atom is 0.157 e. The molecular formula is C27H44O4. The lowest BCUT2D eigenvalue weighted by Crippen LogP contribution is -2.52. The predicted octanol–water partition coefficient (Wildman–Crippen LogP) is 6.55. The van der Waals surface area contributed by atoms with Gasteiger partial charge < -0.3 is 18.9 Å². The van der Waals surface area contributed by atoms with Crippen molar-refractivity contribution in [1.29, 1.82) is 0 Å². The van der Waals surface area contributed by atoms with Gasteiger partial charge in [-0.2, -0.15) is 0 Å². The lowest BCUT2D eigenvalue weighted by molar-refractivity contribution is -0.303. The van der Waals surface area contributed by atoms with E-state index >= 15 is 0 Å². The quantitative estimate of drug-likeness (QED) is 0.446.